The Morgan fingerprint density at radius 3 is 2.79 bits per heavy atom. The smallest absolute Gasteiger partial charge is 0.311 e. The zero-order chi connectivity index (χ0) is 10.4. The van der Waals surface area contributed by atoms with Crippen LogP contribution in [0.1, 0.15) is 19.3 Å². The van der Waals surface area contributed by atoms with Gasteiger partial charge in [0.05, 0.1) is 5.41 Å². The highest BCUT2D eigenvalue weighted by Crippen LogP contribution is 2.49. The summed E-state index contributed by atoms with van der Waals surface area (Å²) in [5.74, 6) is -4.01. The van der Waals surface area contributed by atoms with Gasteiger partial charge in [-0.2, -0.15) is 0 Å². The number of carbonyl (C=O) groups is 1. The zero-order valence-corrected chi connectivity index (χ0v) is 7.72. The van der Waals surface area contributed by atoms with Gasteiger partial charge in [-0.3, -0.25) is 4.79 Å². The van der Waals surface area contributed by atoms with E-state index in [9.17, 15) is 13.6 Å². The summed E-state index contributed by atoms with van der Waals surface area (Å²) in [5, 5.41) is 12.0. The molecule has 14 heavy (non-hydrogen) atoms. The van der Waals surface area contributed by atoms with E-state index in [1.165, 1.54) is 0 Å². The number of hydrogen-bond donors (Lipinski definition) is 2. The first-order chi connectivity index (χ1) is 6.46. The van der Waals surface area contributed by atoms with Crippen LogP contribution in [-0.2, 0) is 4.79 Å². The van der Waals surface area contributed by atoms with Crippen LogP contribution in [0.3, 0.4) is 0 Å². The molecular weight excluding hydrogens is 192 g/mol. The number of alkyl halides is 2. The van der Waals surface area contributed by atoms with Gasteiger partial charge in [0.1, 0.15) is 0 Å². The maximum atomic E-state index is 13.1. The third-order valence-electron chi connectivity index (χ3n) is 3.52. The lowest BCUT2D eigenvalue weighted by atomic mass is 9.67. The monoisotopic (exact) mass is 205 g/mol. The Bertz CT molecular complexity index is 270. The minimum atomic E-state index is -2.67. The molecule has 80 valence electrons. The Hall–Kier alpha value is -0.710. The summed E-state index contributed by atoms with van der Waals surface area (Å²) in [6.45, 7) is 0.741. The fourth-order valence-electron chi connectivity index (χ4n) is 2.59. The molecule has 0 aromatic rings. The van der Waals surface area contributed by atoms with Crippen LogP contribution in [0.15, 0.2) is 0 Å². The van der Waals surface area contributed by atoms with Crippen LogP contribution in [0.25, 0.3) is 0 Å². The second-order valence-electron chi connectivity index (χ2n) is 4.35. The van der Waals surface area contributed by atoms with E-state index in [0.717, 1.165) is 0 Å². The number of aliphatic carboxylic acids is 1. The van der Waals surface area contributed by atoms with Gasteiger partial charge in [0.15, 0.2) is 0 Å². The Morgan fingerprint density at radius 2 is 2.14 bits per heavy atom. The quantitative estimate of drug-likeness (QED) is 0.673. The predicted octanol–water partition coefficient (Wildman–Crippen LogP) is 1.10. The standard InChI is InChI=1S/C9H13F2NO2/c10-9(11)2-1-8(7(13)14)5-12-4-6(8)3-9/h6,12H,1-5H2,(H,13,14). The molecule has 2 atom stereocenters. The summed E-state index contributed by atoms with van der Waals surface area (Å²) >= 11 is 0. The Labute approximate surface area is 80.5 Å². The van der Waals surface area contributed by atoms with Crippen LogP contribution in [0.4, 0.5) is 8.78 Å². The summed E-state index contributed by atoms with van der Waals surface area (Å²) in [6.07, 6.45) is -0.489. The molecule has 1 heterocycles. The highest BCUT2D eigenvalue weighted by Gasteiger charge is 2.56. The van der Waals surface area contributed by atoms with Gasteiger partial charge >= 0.3 is 5.97 Å². The number of fused-ring (bicyclic) bond motifs is 1. The molecule has 2 rings (SSSR count). The second-order valence-corrected chi connectivity index (χ2v) is 4.35. The van der Waals surface area contributed by atoms with Crippen LogP contribution in [-0.4, -0.2) is 30.1 Å². The van der Waals surface area contributed by atoms with Gasteiger partial charge in [-0.25, -0.2) is 8.78 Å². The van der Waals surface area contributed by atoms with Crippen molar-refractivity contribution in [2.75, 3.05) is 13.1 Å². The maximum absolute atomic E-state index is 13.1. The summed E-state index contributed by atoms with van der Waals surface area (Å²) < 4.78 is 26.1. The molecule has 5 heteroatoms. The number of nitrogens with one attached hydrogen (secondary N) is 1. The third kappa shape index (κ3) is 1.30. The molecule has 0 radical (unpaired) electrons. The highest BCUT2D eigenvalue weighted by atomic mass is 19.3. The van der Waals surface area contributed by atoms with Gasteiger partial charge in [0.2, 0.25) is 5.92 Å². The van der Waals surface area contributed by atoms with Crippen molar-refractivity contribution in [3.8, 4) is 0 Å². The third-order valence-corrected chi connectivity index (χ3v) is 3.52. The second kappa shape index (κ2) is 2.89. The summed E-state index contributed by atoms with van der Waals surface area (Å²) in [4.78, 5) is 11.1. The van der Waals surface area contributed by atoms with E-state index in [1.807, 2.05) is 0 Å². The van der Waals surface area contributed by atoms with Crippen molar-refractivity contribution in [3.05, 3.63) is 0 Å². The van der Waals surface area contributed by atoms with Gasteiger partial charge in [0.25, 0.3) is 0 Å². The van der Waals surface area contributed by atoms with Crippen LogP contribution in [0.5, 0.6) is 0 Å². The van der Waals surface area contributed by atoms with E-state index in [0.29, 0.717) is 13.1 Å². The SMILES string of the molecule is O=C(O)C12CCC(F)(F)CC1CNC2. The Kier molecular flexibility index (Phi) is 2.03. The first-order valence-corrected chi connectivity index (χ1v) is 4.78. The molecule has 1 saturated carbocycles. The van der Waals surface area contributed by atoms with E-state index in [4.69, 9.17) is 5.11 Å². The molecule has 1 aliphatic heterocycles. The number of carboxylic acids is 1. The Balaban J connectivity index is 2.23. The molecule has 2 unspecified atom stereocenters. The molecule has 1 saturated heterocycles. The molecular formula is C9H13F2NO2. The fourth-order valence-corrected chi connectivity index (χ4v) is 2.59. The van der Waals surface area contributed by atoms with Crippen LogP contribution in [0.2, 0.25) is 0 Å². The van der Waals surface area contributed by atoms with Crippen molar-refractivity contribution in [2.45, 2.75) is 25.2 Å². The minimum absolute atomic E-state index is 0.0903. The van der Waals surface area contributed by atoms with Gasteiger partial charge in [-0.1, -0.05) is 0 Å². The van der Waals surface area contributed by atoms with Gasteiger partial charge in [0, 0.05) is 19.4 Å². The average molecular weight is 205 g/mol. The minimum Gasteiger partial charge on any atom is -0.481 e. The average Bonchev–Trinajstić information content (AvgIpc) is 2.46. The lowest BCUT2D eigenvalue weighted by Gasteiger charge is -2.38. The molecule has 2 aliphatic rings. The van der Waals surface area contributed by atoms with E-state index in [1.54, 1.807) is 0 Å². The molecule has 1 aliphatic carbocycles. The molecule has 0 spiro atoms. The lowest BCUT2D eigenvalue weighted by molar-refractivity contribution is -0.159. The van der Waals surface area contributed by atoms with Gasteiger partial charge < -0.3 is 10.4 Å². The van der Waals surface area contributed by atoms with Crippen molar-refractivity contribution >= 4 is 5.97 Å². The first-order valence-electron chi connectivity index (χ1n) is 4.78. The highest BCUT2D eigenvalue weighted by molar-refractivity contribution is 5.76. The van der Waals surface area contributed by atoms with Crippen molar-refractivity contribution in [3.63, 3.8) is 0 Å². The van der Waals surface area contributed by atoms with Crippen LogP contribution >= 0.6 is 0 Å². The van der Waals surface area contributed by atoms with Crippen molar-refractivity contribution < 1.29 is 18.7 Å². The zero-order valence-electron chi connectivity index (χ0n) is 7.72. The first kappa shape index (κ1) is 9.83. The fraction of sp³-hybridized carbons (Fsp3) is 0.889. The van der Waals surface area contributed by atoms with Crippen molar-refractivity contribution in [1.82, 2.24) is 5.32 Å². The maximum Gasteiger partial charge on any atom is 0.311 e. The molecule has 0 aromatic heterocycles. The number of hydrogen-bond acceptors (Lipinski definition) is 2. The van der Waals surface area contributed by atoms with Crippen molar-refractivity contribution in [2.24, 2.45) is 11.3 Å². The molecule has 3 nitrogen and oxygen atoms in total. The molecule has 0 aromatic carbocycles. The molecule has 0 amide bonds. The van der Waals surface area contributed by atoms with E-state index in [-0.39, 0.29) is 19.3 Å². The van der Waals surface area contributed by atoms with Crippen LogP contribution < -0.4 is 5.32 Å². The number of carboxylic acid groups (broad SMARTS) is 1. The predicted molar refractivity (Wildman–Crippen MR) is 45.2 cm³/mol. The molecule has 2 N–H and O–H groups in total. The van der Waals surface area contributed by atoms with E-state index in [2.05, 4.69) is 5.32 Å². The molecule has 0 bridgehead atoms. The van der Waals surface area contributed by atoms with Gasteiger partial charge in [-0.05, 0) is 18.9 Å². The van der Waals surface area contributed by atoms with Gasteiger partial charge in [-0.15, -0.1) is 0 Å². The molecule has 2 fully saturated rings. The van der Waals surface area contributed by atoms with E-state index < -0.39 is 23.2 Å². The summed E-state index contributed by atoms with van der Waals surface area (Å²) in [6, 6.07) is 0. The Morgan fingerprint density at radius 1 is 1.43 bits per heavy atom. The summed E-state index contributed by atoms with van der Waals surface area (Å²) in [7, 11) is 0. The lowest BCUT2D eigenvalue weighted by Crippen LogP contribution is -2.46. The summed E-state index contributed by atoms with van der Waals surface area (Å²) in [5.41, 5.74) is -0.929. The van der Waals surface area contributed by atoms with E-state index >= 15 is 0 Å². The normalized spacial score (nSPS) is 40.6. The van der Waals surface area contributed by atoms with Crippen LogP contribution in [0, 0.1) is 11.3 Å². The number of halogens is 2. The largest absolute Gasteiger partial charge is 0.481 e. The topological polar surface area (TPSA) is 49.3 Å². The number of rotatable bonds is 1. The van der Waals surface area contributed by atoms with Crippen molar-refractivity contribution in [1.29, 1.82) is 0 Å².